The monoisotopic (exact) mass is 840 g/mol. The highest BCUT2D eigenvalue weighted by molar-refractivity contribution is 6.11. The first kappa shape index (κ1) is 43.2. The molecule has 0 spiro atoms. The number of aromatic hydroxyl groups is 2. The van der Waals surface area contributed by atoms with Crippen LogP contribution < -0.4 is 22.3 Å². The minimum atomic E-state index is -1.25. The summed E-state index contributed by atoms with van der Waals surface area (Å²) in [7, 11) is 0. The van der Waals surface area contributed by atoms with E-state index in [2.05, 4.69) is 0 Å². The molecule has 10 N–H and O–H groups in total. The minimum Gasteiger partial charge on any atom is -0.507 e. The van der Waals surface area contributed by atoms with Gasteiger partial charge in [-0.2, -0.15) is 0 Å². The first-order valence-electron chi connectivity index (χ1n) is 18.7. The quantitative estimate of drug-likeness (QED) is 0.0697. The van der Waals surface area contributed by atoms with E-state index >= 15 is 0 Å². The molecule has 16 heteroatoms. The van der Waals surface area contributed by atoms with Gasteiger partial charge in [0.05, 0.1) is 33.4 Å². The van der Waals surface area contributed by atoms with Crippen molar-refractivity contribution >= 4 is 45.8 Å². The number of carboxylic acids is 4. The molecule has 0 unspecified atom stereocenters. The van der Waals surface area contributed by atoms with Crippen LogP contribution >= 0.6 is 0 Å². The first-order valence-corrected chi connectivity index (χ1v) is 18.7. The molecule has 2 heterocycles. The molecular formula is C46H36N2O14. The van der Waals surface area contributed by atoms with E-state index in [1.165, 1.54) is 97.1 Å². The maximum Gasteiger partial charge on any atom is 0.336 e. The van der Waals surface area contributed by atoms with Gasteiger partial charge in [-0.05, 0) is 96.1 Å². The second-order valence-electron chi connectivity index (χ2n) is 13.3. The molecule has 0 bridgehead atoms. The van der Waals surface area contributed by atoms with Crippen molar-refractivity contribution in [3.05, 3.63) is 151 Å². The van der Waals surface area contributed by atoms with E-state index in [1.807, 2.05) is 13.8 Å². The molecule has 2 aliphatic heterocycles. The van der Waals surface area contributed by atoms with Crippen molar-refractivity contribution < 1.29 is 58.7 Å². The number of phenolic OH excluding ortho intramolecular Hbond substituents is 2. The minimum absolute atomic E-state index is 0.0738. The maximum atomic E-state index is 11.9. The Hall–Kier alpha value is -8.34. The molecule has 62 heavy (non-hydrogen) atoms. The highest BCUT2D eigenvalue weighted by atomic mass is 16.4. The van der Waals surface area contributed by atoms with Crippen LogP contribution in [0.5, 0.6) is 11.5 Å². The predicted octanol–water partition coefficient (Wildman–Crippen LogP) is 7.28. The van der Waals surface area contributed by atoms with E-state index < -0.39 is 23.9 Å². The predicted molar refractivity (Wildman–Crippen MR) is 227 cm³/mol. The summed E-state index contributed by atoms with van der Waals surface area (Å²) in [6.07, 6.45) is 0. The molecule has 0 saturated carbocycles. The first-order chi connectivity index (χ1) is 29.6. The van der Waals surface area contributed by atoms with Gasteiger partial charge in [0.1, 0.15) is 34.2 Å². The number of phenols is 2. The van der Waals surface area contributed by atoms with Crippen molar-refractivity contribution in [2.45, 2.75) is 26.9 Å². The molecule has 4 aromatic carbocycles. The third kappa shape index (κ3) is 7.89. The van der Waals surface area contributed by atoms with Crippen LogP contribution in [-0.2, 0) is 13.1 Å². The molecular weight excluding hydrogens is 805 g/mol. The zero-order chi connectivity index (χ0) is 45.2. The number of fused-ring (bicyclic) bond motifs is 4. The van der Waals surface area contributed by atoms with Crippen LogP contribution in [0.1, 0.15) is 66.4 Å². The van der Waals surface area contributed by atoms with Gasteiger partial charge in [-0.3, -0.25) is 9.59 Å². The topological polar surface area (TPSA) is 302 Å². The van der Waals surface area contributed by atoms with E-state index in [0.29, 0.717) is 33.0 Å². The Labute approximate surface area is 349 Å². The lowest BCUT2D eigenvalue weighted by Gasteiger charge is -2.18. The average molecular weight is 841 g/mol. The Morgan fingerprint density at radius 1 is 0.484 bits per heavy atom. The molecule has 8 rings (SSSR count). The largest absolute Gasteiger partial charge is 0.507 e. The van der Waals surface area contributed by atoms with Gasteiger partial charge in [-0.15, -0.1) is 0 Å². The number of benzene rings is 6. The van der Waals surface area contributed by atoms with E-state index in [4.69, 9.17) is 20.3 Å². The van der Waals surface area contributed by atoms with E-state index in [-0.39, 0.29) is 103 Å². The summed E-state index contributed by atoms with van der Waals surface area (Å²) in [6.45, 7) is 3.85. The molecule has 0 aromatic heterocycles. The van der Waals surface area contributed by atoms with Crippen molar-refractivity contribution in [3.8, 4) is 56.4 Å². The molecule has 2 aliphatic carbocycles. The van der Waals surface area contributed by atoms with Crippen molar-refractivity contribution in [1.29, 1.82) is 0 Å². The number of carbonyl (C=O) groups is 4. The van der Waals surface area contributed by atoms with Crippen LogP contribution in [0.4, 0.5) is 0 Å². The number of rotatable bonds is 8. The molecule has 0 atom stereocenters. The Balaban J connectivity index is 0.000000199. The van der Waals surface area contributed by atoms with Crippen molar-refractivity contribution in [2.24, 2.45) is 11.5 Å². The number of aromatic carboxylic acids is 4. The van der Waals surface area contributed by atoms with Crippen LogP contribution in [0, 0.1) is 0 Å². The fourth-order valence-corrected chi connectivity index (χ4v) is 7.08. The zero-order valence-corrected chi connectivity index (χ0v) is 32.8. The van der Waals surface area contributed by atoms with Gasteiger partial charge in [-0.1, -0.05) is 13.8 Å². The molecule has 0 radical (unpaired) electrons. The van der Waals surface area contributed by atoms with Crippen LogP contribution in [0.2, 0.25) is 0 Å². The molecule has 0 fully saturated rings. The van der Waals surface area contributed by atoms with Crippen LogP contribution in [0.25, 0.3) is 66.8 Å². The van der Waals surface area contributed by atoms with Crippen molar-refractivity contribution in [2.75, 3.05) is 0 Å². The molecule has 4 aromatic rings. The summed E-state index contributed by atoms with van der Waals surface area (Å²) in [5.41, 5.74) is 13.2. The normalized spacial score (nSPS) is 10.8. The lowest BCUT2D eigenvalue weighted by molar-refractivity contribution is 0.0682. The number of nitrogens with two attached hydrogens (primary N) is 2. The fraction of sp³-hybridized carbons (Fsp3) is 0.0870. The molecule has 4 aliphatic rings. The fourth-order valence-electron chi connectivity index (χ4n) is 7.08. The summed E-state index contributed by atoms with van der Waals surface area (Å²) in [6, 6.07) is 21.3. The number of hydrogen-bond acceptors (Lipinski definition) is 12. The Bertz CT molecular complexity index is 2950. The van der Waals surface area contributed by atoms with Crippen LogP contribution in [0.15, 0.2) is 115 Å². The third-order valence-electron chi connectivity index (χ3n) is 9.82. The van der Waals surface area contributed by atoms with Gasteiger partial charge in [0.2, 0.25) is 0 Å². The van der Waals surface area contributed by atoms with Gasteiger partial charge in [0.25, 0.3) is 0 Å². The Morgan fingerprint density at radius 2 is 0.855 bits per heavy atom. The van der Waals surface area contributed by atoms with Gasteiger partial charge in [0, 0.05) is 58.2 Å². The van der Waals surface area contributed by atoms with Crippen LogP contribution in [0.3, 0.4) is 0 Å². The lowest BCUT2D eigenvalue weighted by atomic mass is 9.89. The second-order valence-corrected chi connectivity index (χ2v) is 13.3. The molecule has 0 amide bonds. The lowest BCUT2D eigenvalue weighted by Crippen LogP contribution is -2.06. The summed E-state index contributed by atoms with van der Waals surface area (Å²) >= 11 is 0. The zero-order valence-electron chi connectivity index (χ0n) is 32.8. The van der Waals surface area contributed by atoms with Gasteiger partial charge in [0.15, 0.2) is 10.9 Å². The van der Waals surface area contributed by atoms with E-state index in [1.54, 1.807) is 0 Å². The molecule has 16 nitrogen and oxygen atoms in total. The van der Waals surface area contributed by atoms with E-state index in [0.717, 1.165) is 0 Å². The van der Waals surface area contributed by atoms with Gasteiger partial charge < -0.3 is 50.9 Å². The molecule has 0 saturated heterocycles. The third-order valence-corrected chi connectivity index (χ3v) is 9.82. The van der Waals surface area contributed by atoms with Gasteiger partial charge in [-0.25, -0.2) is 19.2 Å². The molecule has 314 valence electrons. The SMILES string of the molecule is CC.NCc1c(O)ccc2c(-c3cc(C(=O)O)ccc3C(=O)O)c3ccc(=O)cc-3oc12.NCc1c(O)ccc2c(-c3cc(C(=O)O)ccc3C(=O)O)c3ccc(=O)cc-3oc12. The number of carboxylic acid groups (broad SMARTS) is 4. The van der Waals surface area contributed by atoms with Crippen molar-refractivity contribution in [1.82, 2.24) is 0 Å². The highest BCUT2D eigenvalue weighted by Gasteiger charge is 2.26. The smallest absolute Gasteiger partial charge is 0.336 e. The summed E-state index contributed by atoms with van der Waals surface area (Å²) in [4.78, 5) is 70.7. The van der Waals surface area contributed by atoms with E-state index in [9.17, 15) is 59.4 Å². The Kier molecular flexibility index (Phi) is 12.2. The standard InChI is InChI=1S/2C22H15NO7.C2H6/c2*23-9-16-17(25)6-5-14-19(13-4-2-11(24)8-18(13)30-20(14)16)15-7-10(21(26)27)1-3-12(15)22(28)29;1-2/h2*1-8,25H,9,23H2,(H,26,27)(H,28,29);1-2H3. The number of hydrogen-bond donors (Lipinski definition) is 8. The van der Waals surface area contributed by atoms with Crippen LogP contribution in [-0.4, -0.2) is 54.5 Å². The van der Waals surface area contributed by atoms with Crippen molar-refractivity contribution in [3.63, 3.8) is 0 Å². The Morgan fingerprint density at radius 3 is 1.18 bits per heavy atom. The highest BCUT2D eigenvalue weighted by Crippen LogP contribution is 2.45. The summed E-state index contributed by atoms with van der Waals surface area (Å²) in [5.74, 6) is -4.85. The summed E-state index contributed by atoms with van der Waals surface area (Å²) < 4.78 is 11.7. The van der Waals surface area contributed by atoms with Gasteiger partial charge >= 0.3 is 23.9 Å². The second kappa shape index (κ2) is 17.5. The maximum absolute atomic E-state index is 11.9. The summed E-state index contributed by atoms with van der Waals surface area (Å²) in [5, 5.41) is 59.4. The average Bonchev–Trinajstić information content (AvgIpc) is 3.25.